The van der Waals surface area contributed by atoms with E-state index in [4.69, 9.17) is 43.2 Å². The van der Waals surface area contributed by atoms with Gasteiger partial charge in [-0.2, -0.15) is 0 Å². The Kier molecular flexibility index (Phi) is 11.8. The minimum absolute atomic E-state index is 0.00226. The SMILES string of the molecule is Cc1cc2c(-c3c(Cl)cc(C(=O)NCc4ccc(C(=O)NCc5c6oc7cc(O)ccc7c(-c7ccc(C(=O)O)cc7C(=O)O)c-6ccc5=O)cc4)c(Cl)c3C(=O)O)c3ccc(N)cc3oc-2cc1=N. The Bertz CT molecular complexity index is 3810. The first-order chi connectivity index (χ1) is 33.4. The Labute approximate surface area is 404 Å². The molecule has 0 bridgehead atoms. The van der Waals surface area contributed by atoms with Gasteiger partial charge in [-0.15, -0.1) is 0 Å². The molecule has 9 N–H and O–H groups in total. The van der Waals surface area contributed by atoms with Crippen LogP contribution in [-0.2, 0) is 13.1 Å². The van der Waals surface area contributed by atoms with E-state index in [2.05, 4.69) is 10.6 Å². The fourth-order valence-electron chi connectivity index (χ4n) is 8.40. The second kappa shape index (κ2) is 17.9. The number of carboxylic acid groups (broad SMARTS) is 3. The van der Waals surface area contributed by atoms with Crippen LogP contribution in [0.2, 0.25) is 10.0 Å². The molecule has 18 heteroatoms. The summed E-state index contributed by atoms with van der Waals surface area (Å²) in [6, 6.07) is 25.8. The fraction of sp³-hybridized carbons (Fsp3) is 0.0577. The third-order valence-corrected chi connectivity index (χ3v) is 12.5. The molecule has 2 heterocycles. The molecule has 2 aliphatic heterocycles. The molecule has 348 valence electrons. The maximum atomic E-state index is 13.7. The first-order valence-corrected chi connectivity index (χ1v) is 21.7. The number of aromatic carboxylic acids is 3. The van der Waals surface area contributed by atoms with Crippen molar-refractivity contribution in [2.45, 2.75) is 20.0 Å². The Balaban J connectivity index is 0.960. The summed E-state index contributed by atoms with van der Waals surface area (Å²) in [5, 5.41) is 54.9. The molecule has 0 atom stereocenters. The number of carbonyl (C=O) groups excluding carboxylic acids is 2. The zero-order chi connectivity index (χ0) is 49.9. The molecular weight excluding hydrogens is 943 g/mol. The number of anilines is 1. The van der Waals surface area contributed by atoms with Crippen molar-refractivity contribution >= 4 is 80.6 Å². The smallest absolute Gasteiger partial charge is 0.337 e. The predicted molar refractivity (Wildman–Crippen MR) is 259 cm³/mol. The highest BCUT2D eigenvalue weighted by Gasteiger charge is 2.30. The van der Waals surface area contributed by atoms with Crippen molar-refractivity contribution in [2.24, 2.45) is 0 Å². The van der Waals surface area contributed by atoms with Crippen LogP contribution in [0.5, 0.6) is 5.75 Å². The van der Waals surface area contributed by atoms with E-state index in [0.29, 0.717) is 44.3 Å². The molecule has 0 aromatic heterocycles. The van der Waals surface area contributed by atoms with Crippen molar-refractivity contribution in [3.05, 3.63) is 179 Å². The van der Waals surface area contributed by atoms with Crippen molar-refractivity contribution < 1.29 is 53.2 Å². The predicted octanol–water partition coefficient (Wildman–Crippen LogP) is 9.42. The molecule has 4 aliphatic rings. The highest BCUT2D eigenvalue weighted by atomic mass is 35.5. The van der Waals surface area contributed by atoms with Crippen molar-refractivity contribution in [1.82, 2.24) is 10.6 Å². The lowest BCUT2D eigenvalue weighted by molar-refractivity contribution is 0.0682. The number of hydrogen-bond donors (Lipinski definition) is 8. The number of hydrogen-bond acceptors (Lipinski definition) is 11. The first kappa shape index (κ1) is 46.1. The highest BCUT2D eigenvalue weighted by molar-refractivity contribution is 6.41. The lowest BCUT2D eigenvalue weighted by Crippen LogP contribution is -2.27. The maximum absolute atomic E-state index is 13.7. The second-order valence-electron chi connectivity index (χ2n) is 16.2. The number of carbonyl (C=O) groups is 5. The summed E-state index contributed by atoms with van der Waals surface area (Å²) < 4.78 is 12.2. The third kappa shape index (κ3) is 8.26. The van der Waals surface area contributed by atoms with Crippen molar-refractivity contribution in [3.8, 4) is 50.7 Å². The molecule has 16 nitrogen and oxygen atoms in total. The van der Waals surface area contributed by atoms with E-state index >= 15 is 0 Å². The number of carboxylic acids is 3. The van der Waals surface area contributed by atoms with Crippen LogP contribution in [0.25, 0.3) is 66.8 Å². The number of phenols is 1. The lowest BCUT2D eigenvalue weighted by atomic mass is 9.88. The zero-order valence-electron chi connectivity index (χ0n) is 36.2. The van der Waals surface area contributed by atoms with E-state index in [-0.39, 0.29) is 101 Å². The molecule has 0 radical (unpaired) electrons. The number of amides is 2. The number of nitrogen functional groups attached to an aromatic ring is 1. The van der Waals surface area contributed by atoms with Gasteiger partial charge in [0.05, 0.1) is 49.8 Å². The van der Waals surface area contributed by atoms with Gasteiger partial charge in [-0.3, -0.25) is 14.4 Å². The van der Waals surface area contributed by atoms with Crippen molar-refractivity contribution in [3.63, 3.8) is 0 Å². The molecule has 2 aliphatic carbocycles. The summed E-state index contributed by atoms with van der Waals surface area (Å²) in [4.78, 5) is 77.8. The van der Waals surface area contributed by atoms with Crippen LogP contribution in [0, 0.1) is 12.3 Å². The van der Waals surface area contributed by atoms with Crippen LogP contribution in [0.1, 0.15) is 68.5 Å². The highest BCUT2D eigenvalue weighted by Crippen LogP contribution is 2.47. The average Bonchev–Trinajstić information content (AvgIpc) is 3.32. The summed E-state index contributed by atoms with van der Waals surface area (Å²) in [6.07, 6.45) is 0. The largest absolute Gasteiger partial charge is 0.508 e. The minimum atomic E-state index is -1.46. The van der Waals surface area contributed by atoms with Crippen molar-refractivity contribution in [2.75, 3.05) is 5.73 Å². The third-order valence-electron chi connectivity index (χ3n) is 11.8. The molecule has 2 amide bonds. The van der Waals surface area contributed by atoms with Gasteiger partial charge >= 0.3 is 17.9 Å². The van der Waals surface area contributed by atoms with Crippen LogP contribution in [0.15, 0.2) is 123 Å². The standard InChI is InChI=1S/C52H34Cl2N4O12/c1-22-14-33-41(19-37(22)56)69-39-16-26(55)7-10-30(39)43(33)44-36(53)18-34(46(54)45(44)52(67)68)49(62)57-20-23-2-4-24(5-3-23)48(61)58-21-35-38(60)13-12-31-42(29-11-8-27(59)17-40(29)70-47(31)35)28-9-6-25(50(63)64)15-32(28)51(65)66/h2-19,56,59H,20-21,55H2,1H3,(H,57,62)(H,58,61)(H,63,64)(H,65,66)(H,67,68). The molecule has 0 saturated carbocycles. The molecular formula is C52H34Cl2N4O12. The van der Waals surface area contributed by atoms with Gasteiger partial charge in [0.2, 0.25) is 0 Å². The summed E-state index contributed by atoms with van der Waals surface area (Å²) in [6.45, 7) is 1.28. The van der Waals surface area contributed by atoms with Gasteiger partial charge in [0.15, 0.2) is 5.43 Å². The second-order valence-corrected chi connectivity index (χ2v) is 17.0. The molecule has 0 spiro atoms. The van der Waals surface area contributed by atoms with Gasteiger partial charge < -0.3 is 51.0 Å². The Morgan fingerprint density at radius 1 is 0.643 bits per heavy atom. The Morgan fingerprint density at radius 2 is 1.31 bits per heavy atom. The van der Waals surface area contributed by atoms with Crippen molar-refractivity contribution in [1.29, 1.82) is 5.41 Å². The van der Waals surface area contributed by atoms with Gasteiger partial charge in [0.1, 0.15) is 28.4 Å². The van der Waals surface area contributed by atoms with Crippen LogP contribution in [-0.4, -0.2) is 50.1 Å². The minimum Gasteiger partial charge on any atom is -0.508 e. The number of aromatic hydroxyl groups is 1. The van der Waals surface area contributed by atoms with E-state index in [1.807, 2.05) is 0 Å². The monoisotopic (exact) mass is 976 g/mol. The normalized spacial score (nSPS) is 11.3. The van der Waals surface area contributed by atoms with Crippen LogP contribution in [0.4, 0.5) is 5.69 Å². The number of nitrogens with two attached hydrogens (primary N) is 1. The summed E-state index contributed by atoms with van der Waals surface area (Å²) in [7, 11) is 0. The first-order valence-electron chi connectivity index (χ1n) is 20.9. The number of nitrogens with one attached hydrogen (secondary N) is 3. The quantitative estimate of drug-likeness (QED) is 0.0443. The van der Waals surface area contributed by atoms with Gasteiger partial charge in [0.25, 0.3) is 11.8 Å². The maximum Gasteiger partial charge on any atom is 0.337 e. The van der Waals surface area contributed by atoms with Gasteiger partial charge in [-0.25, -0.2) is 14.4 Å². The van der Waals surface area contributed by atoms with Crippen LogP contribution < -0.4 is 27.2 Å². The molecule has 0 unspecified atom stereocenters. The molecule has 70 heavy (non-hydrogen) atoms. The number of halogens is 2. The van der Waals surface area contributed by atoms with Gasteiger partial charge in [0, 0.05) is 74.6 Å². The Hall–Kier alpha value is -8.99. The zero-order valence-corrected chi connectivity index (χ0v) is 37.7. The molecule has 9 rings (SSSR count). The van der Waals surface area contributed by atoms with Crippen LogP contribution in [0.3, 0.4) is 0 Å². The number of rotatable bonds is 11. The van der Waals surface area contributed by atoms with Gasteiger partial charge in [-0.05, 0) is 96.4 Å². The van der Waals surface area contributed by atoms with E-state index in [1.54, 1.807) is 43.3 Å². The summed E-state index contributed by atoms with van der Waals surface area (Å²) >= 11 is 13.7. The number of phenolic OH excluding ortho intramolecular Hbond substituents is 1. The molecule has 0 fully saturated rings. The van der Waals surface area contributed by atoms with Gasteiger partial charge in [-0.1, -0.05) is 41.4 Å². The number of fused-ring (bicyclic) bond motifs is 4. The van der Waals surface area contributed by atoms with E-state index < -0.39 is 40.7 Å². The number of benzene rings is 7. The topological polar surface area (TPSA) is 284 Å². The number of aryl methyl sites for hydroxylation is 1. The summed E-state index contributed by atoms with van der Waals surface area (Å²) in [5.41, 5.74) is 7.78. The van der Waals surface area contributed by atoms with E-state index in [9.17, 15) is 49.2 Å². The molecule has 0 saturated heterocycles. The van der Waals surface area contributed by atoms with Crippen LogP contribution >= 0.6 is 23.2 Å². The van der Waals surface area contributed by atoms with E-state index in [0.717, 1.165) is 6.07 Å². The molecule has 5 aromatic carbocycles. The van der Waals surface area contributed by atoms with E-state index in [1.165, 1.54) is 66.7 Å². The lowest BCUT2D eigenvalue weighted by Gasteiger charge is -2.20. The fourth-order valence-corrected chi connectivity index (χ4v) is 9.01. The molecule has 5 aromatic rings. The Morgan fingerprint density at radius 3 is 2.03 bits per heavy atom. The average molecular weight is 978 g/mol. The summed E-state index contributed by atoms with van der Waals surface area (Å²) in [5.74, 6) is -5.50.